The first-order chi connectivity index (χ1) is 19.5. The molecule has 3 rings (SSSR count). The number of hydrogen-bond donors (Lipinski definition) is 2. The molecule has 1 aliphatic carbocycles. The molecule has 224 valence electrons. The van der Waals surface area contributed by atoms with E-state index in [1.54, 1.807) is 13.0 Å². The van der Waals surface area contributed by atoms with E-state index < -0.39 is 0 Å². The Morgan fingerprint density at radius 2 is 1.54 bits per heavy atom. The first kappa shape index (κ1) is 32.3. The summed E-state index contributed by atoms with van der Waals surface area (Å²) in [7, 11) is 0. The molecule has 41 heavy (non-hydrogen) atoms. The average Bonchev–Trinajstić information content (AvgIpc) is 2.93. The molecule has 0 radical (unpaired) electrons. The Bertz CT molecular complexity index is 1170. The van der Waals surface area contributed by atoms with Crippen molar-refractivity contribution in [2.75, 3.05) is 31.7 Å². The van der Waals surface area contributed by atoms with E-state index in [2.05, 4.69) is 38.3 Å². The number of rotatable bonds is 17. The van der Waals surface area contributed by atoms with E-state index in [0.717, 1.165) is 37.9 Å². The zero-order chi connectivity index (χ0) is 30.0. The lowest BCUT2D eigenvalue weighted by atomic mass is 9.52. The summed E-state index contributed by atoms with van der Waals surface area (Å²) in [6.07, 6.45) is 5.17. The summed E-state index contributed by atoms with van der Waals surface area (Å²) in [6.45, 7) is 14.7. The highest BCUT2D eigenvalue weighted by atomic mass is 16.5. The monoisotopic (exact) mass is 564 g/mol. The van der Waals surface area contributed by atoms with Gasteiger partial charge in [-0.15, -0.1) is 0 Å². The molecule has 7 heteroatoms. The Kier molecular flexibility index (Phi) is 11.5. The maximum absolute atomic E-state index is 12.7. The van der Waals surface area contributed by atoms with Crippen LogP contribution in [0.1, 0.15) is 111 Å². The molecule has 0 atom stereocenters. The van der Waals surface area contributed by atoms with Gasteiger partial charge in [0.2, 0.25) is 0 Å². The molecule has 2 aromatic carbocycles. The molecule has 0 bridgehead atoms. The normalized spacial score (nSPS) is 15.6. The van der Waals surface area contributed by atoms with Gasteiger partial charge >= 0.3 is 0 Å². The number of unbranched alkanes of at least 4 members (excludes halogenated alkanes) is 2. The molecule has 1 amide bonds. The molecule has 1 aliphatic rings. The Morgan fingerprint density at radius 1 is 0.878 bits per heavy atom. The third-order valence-electron chi connectivity index (χ3n) is 7.89. The number of nitrogens with one attached hydrogen (secondary N) is 2. The molecule has 0 spiro atoms. The summed E-state index contributed by atoms with van der Waals surface area (Å²) < 4.78 is 11.6. The van der Waals surface area contributed by atoms with E-state index in [-0.39, 0.29) is 34.3 Å². The van der Waals surface area contributed by atoms with E-state index in [1.165, 1.54) is 6.92 Å². The predicted molar refractivity (Wildman–Crippen MR) is 164 cm³/mol. The highest BCUT2D eigenvalue weighted by Gasteiger charge is 2.53. The van der Waals surface area contributed by atoms with E-state index in [0.29, 0.717) is 55.2 Å². The minimum Gasteiger partial charge on any atom is -0.494 e. The number of benzene rings is 2. The summed E-state index contributed by atoms with van der Waals surface area (Å²) >= 11 is 0. The summed E-state index contributed by atoms with van der Waals surface area (Å²) in [4.78, 5) is 37.1. The fraction of sp³-hybridized carbons (Fsp3) is 0.559. The van der Waals surface area contributed by atoms with Crippen LogP contribution in [0.2, 0.25) is 0 Å². The van der Waals surface area contributed by atoms with Gasteiger partial charge in [-0.1, -0.05) is 46.8 Å². The molecule has 0 heterocycles. The maximum Gasteiger partial charge on any atom is 0.251 e. The lowest BCUT2D eigenvalue weighted by Crippen LogP contribution is -2.63. The van der Waals surface area contributed by atoms with Crippen molar-refractivity contribution in [1.29, 1.82) is 0 Å². The SMILES string of the molecule is CCC(=O)c1cccc(NCCCOCCCCCOc2ccc(C(=O)NC3C(C)(C)CC3(C)C)cc2)c1C(C)=O. The molecule has 7 nitrogen and oxygen atoms in total. The van der Waals surface area contributed by atoms with Gasteiger partial charge in [0.1, 0.15) is 5.75 Å². The van der Waals surface area contributed by atoms with E-state index in [1.807, 2.05) is 36.4 Å². The van der Waals surface area contributed by atoms with Crippen molar-refractivity contribution in [2.24, 2.45) is 10.8 Å². The number of carbonyl (C=O) groups is 3. The number of anilines is 1. The molecule has 2 aromatic rings. The van der Waals surface area contributed by atoms with E-state index in [4.69, 9.17) is 9.47 Å². The first-order valence-electron chi connectivity index (χ1n) is 15.0. The average molecular weight is 565 g/mol. The van der Waals surface area contributed by atoms with Gasteiger partial charge in [0.05, 0.1) is 12.2 Å². The third-order valence-corrected chi connectivity index (χ3v) is 7.89. The number of hydrogen-bond acceptors (Lipinski definition) is 6. The minimum absolute atomic E-state index is 0.0255. The van der Waals surface area contributed by atoms with Gasteiger partial charge in [-0.25, -0.2) is 0 Å². The maximum atomic E-state index is 12.7. The zero-order valence-electron chi connectivity index (χ0n) is 25.7. The van der Waals surface area contributed by atoms with Crippen LogP contribution in [0, 0.1) is 10.8 Å². The van der Waals surface area contributed by atoms with Crippen LogP contribution in [0.25, 0.3) is 0 Å². The van der Waals surface area contributed by atoms with Gasteiger partial charge < -0.3 is 20.1 Å². The fourth-order valence-electron chi connectivity index (χ4n) is 6.29. The summed E-state index contributed by atoms with van der Waals surface area (Å²) in [5, 5.41) is 6.51. The van der Waals surface area contributed by atoms with Crippen molar-refractivity contribution in [1.82, 2.24) is 5.32 Å². The lowest BCUT2D eigenvalue weighted by Gasteiger charge is -2.57. The zero-order valence-corrected chi connectivity index (χ0v) is 25.7. The topological polar surface area (TPSA) is 93.7 Å². The minimum atomic E-state index is -0.109. The second-order valence-corrected chi connectivity index (χ2v) is 12.4. The van der Waals surface area contributed by atoms with E-state index >= 15 is 0 Å². The van der Waals surface area contributed by atoms with Crippen LogP contribution in [0.15, 0.2) is 42.5 Å². The van der Waals surface area contributed by atoms with Gasteiger partial charge in [0.15, 0.2) is 11.6 Å². The summed E-state index contributed by atoms with van der Waals surface area (Å²) in [6, 6.07) is 12.9. The second kappa shape index (κ2) is 14.6. The molecule has 2 N–H and O–H groups in total. The van der Waals surface area contributed by atoms with Gasteiger partial charge in [-0.05, 0) is 80.2 Å². The van der Waals surface area contributed by atoms with Crippen molar-refractivity contribution >= 4 is 23.2 Å². The van der Waals surface area contributed by atoms with Crippen LogP contribution in [-0.2, 0) is 4.74 Å². The van der Waals surface area contributed by atoms with Crippen molar-refractivity contribution in [3.63, 3.8) is 0 Å². The van der Waals surface area contributed by atoms with Crippen LogP contribution >= 0.6 is 0 Å². The second-order valence-electron chi connectivity index (χ2n) is 12.4. The number of carbonyl (C=O) groups excluding carboxylic acids is 3. The molecule has 1 saturated carbocycles. The van der Waals surface area contributed by atoms with Gasteiger partial charge in [-0.2, -0.15) is 0 Å². The highest BCUT2D eigenvalue weighted by Crippen LogP contribution is 2.53. The Morgan fingerprint density at radius 3 is 2.17 bits per heavy atom. The molecular weight excluding hydrogens is 516 g/mol. The quantitative estimate of drug-likeness (QED) is 0.157. The van der Waals surface area contributed by atoms with Crippen LogP contribution < -0.4 is 15.4 Å². The fourth-order valence-corrected chi connectivity index (χ4v) is 6.29. The van der Waals surface area contributed by atoms with E-state index in [9.17, 15) is 14.4 Å². The first-order valence-corrected chi connectivity index (χ1v) is 15.0. The molecule has 0 aliphatic heterocycles. The van der Waals surface area contributed by atoms with Gasteiger partial charge in [-0.3, -0.25) is 14.4 Å². The van der Waals surface area contributed by atoms with Crippen molar-refractivity contribution in [3.8, 4) is 5.75 Å². The van der Waals surface area contributed by atoms with Gasteiger partial charge in [0.25, 0.3) is 5.91 Å². The predicted octanol–water partition coefficient (Wildman–Crippen LogP) is 7.10. The van der Waals surface area contributed by atoms with Crippen LogP contribution in [0.4, 0.5) is 5.69 Å². The van der Waals surface area contributed by atoms with Crippen LogP contribution in [0.5, 0.6) is 5.75 Å². The number of ketones is 2. The molecule has 0 aromatic heterocycles. The highest BCUT2D eigenvalue weighted by molar-refractivity contribution is 6.11. The van der Waals surface area contributed by atoms with Gasteiger partial charge in [0, 0.05) is 49.0 Å². The largest absolute Gasteiger partial charge is 0.494 e. The van der Waals surface area contributed by atoms with Crippen molar-refractivity contribution in [3.05, 3.63) is 59.2 Å². The Balaban J connectivity index is 1.25. The summed E-state index contributed by atoms with van der Waals surface area (Å²) in [5.41, 5.74) is 2.56. The Hall–Kier alpha value is -3.19. The molecule has 1 fully saturated rings. The van der Waals surface area contributed by atoms with Crippen molar-refractivity contribution < 1.29 is 23.9 Å². The van der Waals surface area contributed by atoms with Crippen LogP contribution in [-0.4, -0.2) is 49.9 Å². The third kappa shape index (κ3) is 8.90. The van der Waals surface area contributed by atoms with Crippen LogP contribution in [0.3, 0.4) is 0 Å². The number of ether oxygens (including phenoxy) is 2. The number of Topliss-reactive ketones (excluding diaryl/α,β-unsaturated/α-hetero) is 2. The smallest absolute Gasteiger partial charge is 0.251 e. The summed E-state index contributed by atoms with van der Waals surface area (Å²) in [5.74, 6) is 0.605. The number of amides is 1. The van der Waals surface area contributed by atoms with Crippen molar-refractivity contribution in [2.45, 2.75) is 86.1 Å². The standard InChI is InChI=1S/C34H48N2O5/c1-7-29(38)27-13-11-14-28(30(27)24(2)37)35-19-12-21-40-20-9-8-10-22-41-26-17-15-25(16-18-26)31(39)36-32-33(3,4)23-34(32,5)6/h11,13-18,32,35H,7-10,12,19-23H2,1-6H3,(H,36,39). The lowest BCUT2D eigenvalue weighted by molar-refractivity contribution is -0.0366. The Labute approximate surface area is 245 Å². The molecule has 0 saturated heterocycles. The molecule has 0 unspecified atom stereocenters. The molecular formula is C34H48N2O5.